The van der Waals surface area contributed by atoms with E-state index in [1.54, 1.807) is 8.61 Å². The monoisotopic (exact) mass is 336 g/mol. The smallest absolute Gasteiger partial charge is 0.195 e. The van der Waals surface area contributed by atoms with Gasteiger partial charge in [-0.2, -0.15) is 17.0 Å². The van der Waals surface area contributed by atoms with E-state index < -0.39 is 10.2 Å². The van der Waals surface area contributed by atoms with Crippen molar-refractivity contribution in [2.24, 2.45) is 11.8 Å². The van der Waals surface area contributed by atoms with Gasteiger partial charge in [0, 0.05) is 26.2 Å². The third-order valence-corrected chi connectivity index (χ3v) is 7.18. The van der Waals surface area contributed by atoms with Crippen LogP contribution in [0.3, 0.4) is 0 Å². The van der Waals surface area contributed by atoms with Crippen molar-refractivity contribution in [2.75, 3.05) is 26.2 Å². The molecule has 0 radical (unpaired) electrons. The van der Waals surface area contributed by atoms with Crippen molar-refractivity contribution in [1.29, 1.82) is 0 Å². The second-order valence-corrected chi connectivity index (χ2v) is 9.28. The Kier molecular flexibility index (Phi) is 5.09. The molecule has 2 saturated heterocycles. The number of rotatable bonds is 3. The normalized spacial score (nSPS) is 28.8. The molecule has 2 aliphatic rings. The second kappa shape index (κ2) is 6.91. The Bertz CT molecular complexity index is 599. The van der Waals surface area contributed by atoms with Gasteiger partial charge in [0.2, 0.25) is 0 Å². The standard InChI is InChI=1S/C18H28N2O2S/c1-15-12-16(2)14-20(13-15)23(21,22)19-10-8-18(9-11-19)17-6-4-3-5-7-17/h3-7,15-16,18H,8-14H2,1-2H3. The fourth-order valence-electron chi connectivity index (χ4n) is 4.10. The summed E-state index contributed by atoms with van der Waals surface area (Å²) in [6, 6.07) is 10.5. The summed E-state index contributed by atoms with van der Waals surface area (Å²) in [4.78, 5) is 0. The molecule has 2 heterocycles. The maximum Gasteiger partial charge on any atom is 0.281 e. The fourth-order valence-corrected chi connectivity index (χ4v) is 5.99. The summed E-state index contributed by atoms with van der Waals surface area (Å²) in [5.74, 6) is 1.40. The molecule has 23 heavy (non-hydrogen) atoms. The third-order valence-electron chi connectivity index (χ3n) is 5.21. The van der Waals surface area contributed by atoms with Gasteiger partial charge in [0.25, 0.3) is 10.2 Å². The Hall–Kier alpha value is -0.910. The van der Waals surface area contributed by atoms with Crippen molar-refractivity contribution >= 4 is 10.2 Å². The van der Waals surface area contributed by atoms with Crippen molar-refractivity contribution in [2.45, 2.75) is 39.0 Å². The highest BCUT2D eigenvalue weighted by molar-refractivity contribution is 7.86. The summed E-state index contributed by atoms with van der Waals surface area (Å²) in [5.41, 5.74) is 1.34. The molecule has 2 fully saturated rings. The Labute approximate surface area is 140 Å². The minimum Gasteiger partial charge on any atom is -0.195 e. The lowest BCUT2D eigenvalue weighted by molar-refractivity contribution is 0.202. The molecule has 5 heteroatoms. The van der Waals surface area contributed by atoms with Crippen LogP contribution in [0.1, 0.15) is 44.6 Å². The van der Waals surface area contributed by atoms with Crippen LogP contribution < -0.4 is 0 Å². The van der Waals surface area contributed by atoms with E-state index in [1.165, 1.54) is 5.56 Å². The molecule has 3 rings (SSSR count). The highest BCUT2D eigenvalue weighted by atomic mass is 32.2. The van der Waals surface area contributed by atoms with E-state index in [9.17, 15) is 8.42 Å². The number of hydrogen-bond acceptors (Lipinski definition) is 2. The van der Waals surface area contributed by atoms with Gasteiger partial charge in [-0.3, -0.25) is 0 Å². The van der Waals surface area contributed by atoms with Crippen LogP contribution >= 0.6 is 0 Å². The Morgan fingerprint density at radius 3 is 2.04 bits per heavy atom. The van der Waals surface area contributed by atoms with Crippen molar-refractivity contribution in [3.8, 4) is 0 Å². The van der Waals surface area contributed by atoms with Gasteiger partial charge >= 0.3 is 0 Å². The van der Waals surface area contributed by atoms with E-state index in [4.69, 9.17) is 0 Å². The largest absolute Gasteiger partial charge is 0.281 e. The molecule has 0 saturated carbocycles. The molecule has 0 aromatic heterocycles. The van der Waals surface area contributed by atoms with Gasteiger partial charge < -0.3 is 0 Å². The predicted octanol–water partition coefficient (Wildman–Crippen LogP) is 3.09. The van der Waals surface area contributed by atoms with Gasteiger partial charge in [0.05, 0.1) is 0 Å². The van der Waals surface area contributed by atoms with Crippen molar-refractivity contribution in [3.05, 3.63) is 35.9 Å². The zero-order valence-corrected chi connectivity index (χ0v) is 15.0. The van der Waals surface area contributed by atoms with Crippen LogP contribution in [0, 0.1) is 11.8 Å². The summed E-state index contributed by atoms with van der Waals surface area (Å²) in [7, 11) is -3.29. The first-order valence-electron chi connectivity index (χ1n) is 8.77. The average molecular weight is 337 g/mol. The summed E-state index contributed by atoms with van der Waals surface area (Å²) in [6.07, 6.45) is 2.96. The molecule has 4 nitrogen and oxygen atoms in total. The maximum absolute atomic E-state index is 12.9. The van der Waals surface area contributed by atoms with Crippen LogP contribution in [-0.2, 0) is 10.2 Å². The quantitative estimate of drug-likeness (QED) is 0.851. The van der Waals surface area contributed by atoms with Gasteiger partial charge in [0.15, 0.2) is 0 Å². The van der Waals surface area contributed by atoms with Gasteiger partial charge in [-0.05, 0) is 42.6 Å². The van der Waals surface area contributed by atoms with Crippen LogP contribution in [0.4, 0.5) is 0 Å². The molecule has 0 spiro atoms. The number of nitrogens with zero attached hydrogens (tertiary/aromatic N) is 2. The fraction of sp³-hybridized carbons (Fsp3) is 0.667. The van der Waals surface area contributed by atoms with E-state index in [0.29, 0.717) is 43.9 Å². The summed E-state index contributed by atoms with van der Waals surface area (Å²) in [6.45, 7) is 6.93. The molecule has 2 atom stereocenters. The first-order valence-corrected chi connectivity index (χ1v) is 10.2. The van der Waals surface area contributed by atoms with Crippen molar-refractivity contribution in [1.82, 2.24) is 8.61 Å². The number of benzene rings is 1. The minimum atomic E-state index is -3.29. The SMILES string of the molecule is CC1CC(C)CN(S(=O)(=O)N2CCC(c3ccccc3)CC2)C1. The lowest BCUT2D eigenvalue weighted by atomic mass is 9.90. The molecular weight excluding hydrogens is 308 g/mol. The van der Waals surface area contributed by atoms with E-state index >= 15 is 0 Å². The molecule has 0 aliphatic carbocycles. The van der Waals surface area contributed by atoms with Crippen LogP contribution in [0.15, 0.2) is 30.3 Å². The highest BCUT2D eigenvalue weighted by Gasteiger charge is 2.36. The van der Waals surface area contributed by atoms with Gasteiger partial charge in [-0.1, -0.05) is 44.2 Å². The zero-order valence-electron chi connectivity index (χ0n) is 14.2. The molecule has 128 valence electrons. The molecule has 0 N–H and O–H groups in total. The van der Waals surface area contributed by atoms with E-state index in [1.807, 2.05) is 6.07 Å². The van der Waals surface area contributed by atoms with E-state index in [-0.39, 0.29) is 0 Å². The molecule has 2 aliphatic heterocycles. The molecule has 0 amide bonds. The van der Waals surface area contributed by atoms with Crippen LogP contribution in [0.5, 0.6) is 0 Å². The van der Waals surface area contributed by atoms with E-state index in [0.717, 1.165) is 19.3 Å². The Balaban J connectivity index is 1.64. The first-order chi connectivity index (χ1) is 11.0. The summed E-state index contributed by atoms with van der Waals surface area (Å²) < 4.78 is 29.3. The van der Waals surface area contributed by atoms with Crippen LogP contribution in [0.25, 0.3) is 0 Å². The lowest BCUT2D eigenvalue weighted by Crippen LogP contribution is -2.51. The average Bonchev–Trinajstić information content (AvgIpc) is 2.55. The molecule has 1 aromatic carbocycles. The van der Waals surface area contributed by atoms with Gasteiger partial charge in [-0.15, -0.1) is 0 Å². The summed E-state index contributed by atoms with van der Waals surface area (Å²) in [5, 5.41) is 0. The molecule has 2 unspecified atom stereocenters. The minimum absolute atomic E-state index is 0.454. The second-order valence-electron chi connectivity index (χ2n) is 7.35. The number of piperidine rings is 2. The van der Waals surface area contributed by atoms with Crippen LogP contribution in [0.2, 0.25) is 0 Å². The third kappa shape index (κ3) is 3.78. The Morgan fingerprint density at radius 1 is 0.913 bits per heavy atom. The summed E-state index contributed by atoms with van der Waals surface area (Å²) >= 11 is 0. The van der Waals surface area contributed by atoms with Crippen molar-refractivity contribution < 1.29 is 8.42 Å². The topological polar surface area (TPSA) is 40.6 Å². The Morgan fingerprint density at radius 2 is 1.48 bits per heavy atom. The molecule has 1 aromatic rings. The number of hydrogen-bond donors (Lipinski definition) is 0. The molecular formula is C18H28N2O2S. The van der Waals surface area contributed by atoms with Gasteiger partial charge in [-0.25, -0.2) is 0 Å². The van der Waals surface area contributed by atoms with Crippen molar-refractivity contribution in [3.63, 3.8) is 0 Å². The zero-order chi connectivity index (χ0) is 16.4. The van der Waals surface area contributed by atoms with Gasteiger partial charge in [0.1, 0.15) is 0 Å². The highest BCUT2D eigenvalue weighted by Crippen LogP contribution is 2.31. The predicted molar refractivity (Wildman–Crippen MR) is 93.4 cm³/mol. The first kappa shape index (κ1) is 16.9. The molecule has 0 bridgehead atoms. The maximum atomic E-state index is 12.9. The van der Waals surface area contributed by atoms with E-state index in [2.05, 4.69) is 38.1 Å². The lowest BCUT2D eigenvalue weighted by Gasteiger charge is -2.39. The van der Waals surface area contributed by atoms with Crippen LogP contribution in [-0.4, -0.2) is 43.2 Å².